The SMILES string of the molecule is [2HH].c1ccc(-c2cc(-c3ccccc3)nc(-n3c4ccccc4c4ccc(-c5ccc6c(c5)c5ccccc5n6-c5ccccc5)cc43)n2)cc1. The smallest absolute Gasteiger partial charge is 0.235 e. The molecule has 0 spiro atoms. The Balaban J connectivity index is 0.00000348. The third-order valence-electron chi connectivity index (χ3n) is 9.75. The molecule has 7 aromatic carbocycles. The summed E-state index contributed by atoms with van der Waals surface area (Å²) in [5.41, 5.74) is 11.9. The fraction of sp³-hybridized carbons (Fsp3) is 0. The molecule has 10 aromatic rings. The van der Waals surface area contributed by atoms with Gasteiger partial charge in [0.2, 0.25) is 5.95 Å². The molecule has 0 unspecified atom stereocenters. The molecular weight excluding hydrogens is 609 g/mol. The molecule has 3 heterocycles. The number of fused-ring (bicyclic) bond motifs is 6. The quantitative estimate of drug-likeness (QED) is 0.187. The molecule has 3 aromatic heterocycles. The predicted octanol–water partition coefficient (Wildman–Crippen LogP) is 11.9. The molecule has 0 aliphatic rings. The second-order valence-corrected chi connectivity index (χ2v) is 12.7. The molecule has 236 valence electrons. The van der Waals surface area contributed by atoms with Gasteiger partial charge in [0.1, 0.15) is 0 Å². The van der Waals surface area contributed by atoms with Crippen molar-refractivity contribution in [2.75, 3.05) is 0 Å². The maximum absolute atomic E-state index is 5.23. The van der Waals surface area contributed by atoms with Gasteiger partial charge in [-0.15, -0.1) is 0 Å². The average molecular weight is 642 g/mol. The van der Waals surface area contributed by atoms with Gasteiger partial charge in [0.15, 0.2) is 0 Å². The van der Waals surface area contributed by atoms with Crippen LogP contribution in [-0.4, -0.2) is 19.1 Å². The Morgan fingerprint density at radius 3 is 1.46 bits per heavy atom. The standard InChI is InChI=1S/C46H30N4.H2/c1-4-14-31(15-5-1)40-30-41(32-16-6-2-7-17-32)48-46(47-40)50-43-23-13-10-20-36(43)38-26-24-34(29-45(38)50)33-25-27-44-39(28-33)37-21-11-12-22-42(37)49(44)35-18-8-3-9-19-35;/h1-30H;1H/i;1+1. The van der Waals surface area contributed by atoms with Crippen LogP contribution >= 0.6 is 0 Å². The zero-order valence-electron chi connectivity index (χ0n) is 27.1. The number of aromatic nitrogens is 4. The molecule has 0 saturated carbocycles. The van der Waals surface area contributed by atoms with Crippen molar-refractivity contribution in [2.24, 2.45) is 0 Å². The van der Waals surface area contributed by atoms with Crippen LogP contribution in [-0.2, 0) is 0 Å². The summed E-state index contributed by atoms with van der Waals surface area (Å²) in [7, 11) is 0. The summed E-state index contributed by atoms with van der Waals surface area (Å²) in [5.74, 6) is 0.648. The maximum Gasteiger partial charge on any atom is 0.235 e. The first-order valence-electron chi connectivity index (χ1n) is 16.9. The van der Waals surface area contributed by atoms with Crippen LogP contribution in [0.1, 0.15) is 1.43 Å². The minimum absolute atomic E-state index is 0. The third kappa shape index (κ3) is 4.54. The van der Waals surface area contributed by atoms with Crippen LogP contribution in [0.4, 0.5) is 0 Å². The van der Waals surface area contributed by atoms with E-state index in [2.05, 4.69) is 179 Å². The second-order valence-electron chi connectivity index (χ2n) is 12.7. The predicted molar refractivity (Wildman–Crippen MR) is 209 cm³/mol. The normalized spacial score (nSPS) is 11.6. The molecule has 0 fully saturated rings. The molecule has 0 radical (unpaired) electrons. The van der Waals surface area contributed by atoms with Crippen molar-refractivity contribution in [3.63, 3.8) is 0 Å². The van der Waals surface area contributed by atoms with Crippen LogP contribution in [0.2, 0.25) is 0 Å². The van der Waals surface area contributed by atoms with Crippen molar-refractivity contribution in [3.05, 3.63) is 182 Å². The molecule has 0 saturated heterocycles. The van der Waals surface area contributed by atoms with Crippen molar-refractivity contribution in [3.8, 4) is 45.3 Å². The van der Waals surface area contributed by atoms with Crippen molar-refractivity contribution in [2.45, 2.75) is 0 Å². The van der Waals surface area contributed by atoms with E-state index in [0.717, 1.165) is 50.4 Å². The lowest BCUT2D eigenvalue weighted by atomic mass is 10.0. The summed E-state index contributed by atoms with van der Waals surface area (Å²) in [5, 5.41) is 4.81. The fourth-order valence-electron chi connectivity index (χ4n) is 7.42. The summed E-state index contributed by atoms with van der Waals surface area (Å²) < 4.78 is 4.59. The highest BCUT2D eigenvalue weighted by molar-refractivity contribution is 6.12. The van der Waals surface area contributed by atoms with Gasteiger partial charge in [-0.05, 0) is 59.7 Å². The lowest BCUT2D eigenvalue weighted by Crippen LogP contribution is -2.04. The number of benzene rings is 7. The zero-order valence-corrected chi connectivity index (χ0v) is 27.1. The van der Waals surface area contributed by atoms with E-state index in [-0.39, 0.29) is 1.43 Å². The minimum atomic E-state index is 0. The van der Waals surface area contributed by atoms with E-state index in [1.165, 1.54) is 32.6 Å². The topological polar surface area (TPSA) is 35.6 Å². The van der Waals surface area contributed by atoms with Crippen LogP contribution in [0, 0.1) is 0 Å². The maximum atomic E-state index is 5.23. The van der Waals surface area contributed by atoms with Gasteiger partial charge in [0.05, 0.1) is 33.5 Å². The number of para-hydroxylation sites is 3. The van der Waals surface area contributed by atoms with Crippen LogP contribution in [0.25, 0.3) is 88.9 Å². The van der Waals surface area contributed by atoms with E-state index in [1.54, 1.807) is 0 Å². The van der Waals surface area contributed by atoms with Crippen LogP contribution in [0.5, 0.6) is 0 Å². The molecule has 0 amide bonds. The Labute approximate surface area is 290 Å². The Morgan fingerprint density at radius 1 is 0.320 bits per heavy atom. The fourth-order valence-corrected chi connectivity index (χ4v) is 7.42. The van der Waals surface area contributed by atoms with Crippen molar-refractivity contribution in [1.82, 2.24) is 19.1 Å². The van der Waals surface area contributed by atoms with Crippen LogP contribution in [0.15, 0.2) is 182 Å². The molecule has 0 bridgehead atoms. The molecular formula is C46H32N4. The van der Waals surface area contributed by atoms with Gasteiger partial charge >= 0.3 is 0 Å². The van der Waals surface area contributed by atoms with E-state index in [4.69, 9.17) is 9.97 Å². The highest BCUT2D eigenvalue weighted by atomic mass is 15.2. The van der Waals surface area contributed by atoms with E-state index < -0.39 is 0 Å². The molecule has 10 rings (SSSR count). The second kappa shape index (κ2) is 11.4. The monoisotopic (exact) mass is 641 g/mol. The van der Waals surface area contributed by atoms with Crippen molar-refractivity contribution < 1.29 is 1.43 Å². The average Bonchev–Trinajstić information content (AvgIpc) is 3.71. The van der Waals surface area contributed by atoms with Gasteiger partial charge in [-0.1, -0.05) is 133 Å². The Kier molecular flexibility index (Phi) is 6.46. The summed E-state index contributed by atoms with van der Waals surface area (Å²) in [6, 6.07) is 64.3. The molecule has 0 atom stereocenters. The van der Waals surface area contributed by atoms with Gasteiger partial charge < -0.3 is 4.57 Å². The van der Waals surface area contributed by atoms with Gasteiger partial charge in [0, 0.05) is 39.8 Å². The van der Waals surface area contributed by atoms with Gasteiger partial charge in [-0.25, -0.2) is 9.97 Å². The summed E-state index contributed by atoms with van der Waals surface area (Å²) in [6.07, 6.45) is 0. The zero-order chi connectivity index (χ0) is 33.0. The van der Waals surface area contributed by atoms with Crippen molar-refractivity contribution in [1.29, 1.82) is 0 Å². The van der Waals surface area contributed by atoms with Gasteiger partial charge in [-0.2, -0.15) is 0 Å². The van der Waals surface area contributed by atoms with Crippen LogP contribution in [0.3, 0.4) is 0 Å². The number of hydrogen-bond acceptors (Lipinski definition) is 2. The van der Waals surface area contributed by atoms with E-state index >= 15 is 0 Å². The molecule has 4 nitrogen and oxygen atoms in total. The minimum Gasteiger partial charge on any atom is -0.309 e. The van der Waals surface area contributed by atoms with Crippen LogP contribution < -0.4 is 0 Å². The number of rotatable bonds is 5. The van der Waals surface area contributed by atoms with E-state index in [1.807, 2.05) is 12.1 Å². The Bertz CT molecular complexity index is 2800. The first-order valence-corrected chi connectivity index (χ1v) is 16.9. The number of nitrogens with zero attached hydrogens (tertiary/aromatic N) is 4. The highest BCUT2D eigenvalue weighted by Gasteiger charge is 2.18. The Hall–Kier alpha value is -6.78. The molecule has 0 N–H and O–H groups in total. The molecule has 4 heteroatoms. The largest absolute Gasteiger partial charge is 0.309 e. The van der Waals surface area contributed by atoms with Crippen molar-refractivity contribution >= 4 is 43.6 Å². The van der Waals surface area contributed by atoms with Gasteiger partial charge in [0.25, 0.3) is 0 Å². The first-order chi connectivity index (χ1) is 24.8. The molecule has 0 aliphatic carbocycles. The lowest BCUT2D eigenvalue weighted by Gasteiger charge is -2.12. The summed E-state index contributed by atoms with van der Waals surface area (Å²) in [4.78, 5) is 10.5. The summed E-state index contributed by atoms with van der Waals surface area (Å²) >= 11 is 0. The lowest BCUT2D eigenvalue weighted by molar-refractivity contribution is 0.996. The molecule has 0 aliphatic heterocycles. The highest BCUT2D eigenvalue weighted by Crippen LogP contribution is 2.38. The molecule has 50 heavy (non-hydrogen) atoms. The summed E-state index contributed by atoms with van der Waals surface area (Å²) in [6.45, 7) is 0. The van der Waals surface area contributed by atoms with Gasteiger partial charge in [-0.3, -0.25) is 4.57 Å². The first kappa shape index (κ1) is 28.3. The Morgan fingerprint density at radius 2 is 0.800 bits per heavy atom. The third-order valence-corrected chi connectivity index (χ3v) is 9.75. The number of hydrogen-bond donors (Lipinski definition) is 0. The van der Waals surface area contributed by atoms with E-state index in [0.29, 0.717) is 5.95 Å². The van der Waals surface area contributed by atoms with E-state index in [9.17, 15) is 0 Å².